The van der Waals surface area contributed by atoms with Crippen molar-refractivity contribution in [3.63, 3.8) is 0 Å². The number of nitrogens with zero attached hydrogens (tertiary/aromatic N) is 1. The molecule has 9 heteroatoms. The third kappa shape index (κ3) is 9.13. The molecular weight excluding hydrogens is 486 g/mol. The van der Waals surface area contributed by atoms with Crippen molar-refractivity contribution in [2.45, 2.75) is 64.1 Å². The fourth-order valence-electron chi connectivity index (χ4n) is 4.38. The number of amides is 3. The largest absolute Gasteiger partial charge is 0.455 e. The molecule has 1 aromatic carbocycles. The number of carbonyl (C=O) groups is 4. The molecule has 3 N–H and O–H groups in total. The van der Waals surface area contributed by atoms with Gasteiger partial charge in [0.15, 0.2) is 0 Å². The number of hydrogen-bond donors (Lipinski definition) is 3. The van der Waals surface area contributed by atoms with Crippen LogP contribution in [-0.2, 0) is 23.9 Å². The highest BCUT2D eigenvalue weighted by Crippen LogP contribution is 2.26. The highest BCUT2D eigenvalue weighted by molar-refractivity contribution is 6.00. The first kappa shape index (κ1) is 30.8. The number of carbonyl (C=O) groups excluding carboxylic acids is 4. The van der Waals surface area contributed by atoms with Gasteiger partial charge in [0.25, 0.3) is 0 Å². The van der Waals surface area contributed by atoms with E-state index in [1.165, 1.54) is 6.08 Å². The summed E-state index contributed by atoms with van der Waals surface area (Å²) in [5, 5.41) is 14.7. The molecule has 208 valence electrons. The molecule has 1 aliphatic heterocycles. The van der Waals surface area contributed by atoms with Crippen LogP contribution in [0.2, 0.25) is 0 Å². The van der Waals surface area contributed by atoms with Gasteiger partial charge in [-0.3, -0.25) is 19.2 Å². The Hall–Kier alpha value is -3.46. The minimum atomic E-state index is -1.07. The Bertz CT molecular complexity index is 960. The van der Waals surface area contributed by atoms with E-state index in [-0.39, 0.29) is 31.8 Å². The molecule has 1 saturated heterocycles. The maximum atomic E-state index is 13.3. The van der Waals surface area contributed by atoms with Crippen molar-refractivity contribution in [3.8, 4) is 0 Å². The van der Waals surface area contributed by atoms with E-state index in [0.29, 0.717) is 18.7 Å². The number of aliphatic hydroxyl groups is 1. The minimum absolute atomic E-state index is 0.0255. The summed E-state index contributed by atoms with van der Waals surface area (Å²) in [6.07, 6.45) is 4.53. The zero-order valence-electron chi connectivity index (χ0n) is 22.4. The molecule has 3 amide bonds. The average molecular weight is 528 g/mol. The maximum Gasteiger partial charge on any atom is 0.310 e. The van der Waals surface area contributed by atoms with Crippen molar-refractivity contribution in [3.05, 3.63) is 61.2 Å². The van der Waals surface area contributed by atoms with Gasteiger partial charge in [-0.2, -0.15) is 0 Å². The lowest BCUT2D eigenvalue weighted by Gasteiger charge is -2.29. The van der Waals surface area contributed by atoms with Crippen molar-refractivity contribution in [1.29, 1.82) is 0 Å². The van der Waals surface area contributed by atoms with E-state index < -0.39 is 47.8 Å². The first-order chi connectivity index (χ1) is 18.2. The van der Waals surface area contributed by atoms with E-state index in [9.17, 15) is 24.3 Å². The monoisotopic (exact) mass is 527 g/mol. The number of ether oxygens (including phenoxy) is 1. The molecule has 2 rings (SSSR count). The highest BCUT2D eigenvalue weighted by atomic mass is 16.5. The van der Waals surface area contributed by atoms with E-state index in [4.69, 9.17) is 4.74 Å². The summed E-state index contributed by atoms with van der Waals surface area (Å²) in [5.41, 5.74) is 0.662. The summed E-state index contributed by atoms with van der Waals surface area (Å²) in [6, 6.07) is 7.80. The standard InChI is InChI=1S/C29H41N3O6/c1-5-12-23(18-25(34)32-16-10-11-17-32)29(37)38-26(22-14-8-7-9-15-22)21(4)31-28(36)24(13-6-2)27(35)30-20(3)19-33/h5-9,14-15,20-21,23-24,26,33H,1-2,10-13,16-19H2,3-4H3,(H,30,35)(H,31,36)/t20-,21+,23+,24?,26+/m0/s1. The molecule has 0 spiro atoms. The van der Waals surface area contributed by atoms with E-state index in [0.717, 1.165) is 12.8 Å². The van der Waals surface area contributed by atoms with Gasteiger partial charge in [-0.15, -0.1) is 13.2 Å². The lowest BCUT2D eigenvalue weighted by atomic mass is 9.98. The summed E-state index contributed by atoms with van der Waals surface area (Å²) in [6.45, 7) is 11.8. The van der Waals surface area contributed by atoms with Crippen LogP contribution in [0.15, 0.2) is 55.6 Å². The smallest absolute Gasteiger partial charge is 0.310 e. The predicted molar refractivity (Wildman–Crippen MR) is 145 cm³/mol. The molecule has 9 nitrogen and oxygen atoms in total. The minimum Gasteiger partial charge on any atom is -0.455 e. The Kier molecular flexibility index (Phi) is 12.7. The number of hydrogen-bond acceptors (Lipinski definition) is 6. The molecule has 38 heavy (non-hydrogen) atoms. The van der Waals surface area contributed by atoms with Gasteiger partial charge < -0.3 is 25.4 Å². The lowest BCUT2D eigenvalue weighted by molar-refractivity contribution is -0.159. The number of benzene rings is 1. The molecule has 5 atom stereocenters. The molecule has 1 aliphatic rings. The normalized spacial score (nSPS) is 16.9. The molecule has 1 aromatic rings. The van der Waals surface area contributed by atoms with Crippen LogP contribution >= 0.6 is 0 Å². The maximum absolute atomic E-state index is 13.3. The Labute approximate surface area is 225 Å². The van der Waals surface area contributed by atoms with Crippen LogP contribution < -0.4 is 10.6 Å². The number of esters is 1. The Balaban J connectivity index is 2.19. The third-order valence-corrected chi connectivity index (χ3v) is 6.56. The average Bonchev–Trinajstić information content (AvgIpc) is 3.45. The molecule has 1 heterocycles. The second-order valence-corrected chi connectivity index (χ2v) is 9.75. The topological polar surface area (TPSA) is 125 Å². The zero-order valence-corrected chi connectivity index (χ0v) is 22.4. The molecular formula is C29H41N3O6. The van der Waals surface area contributed by atoms with Crippen LogP contribution in [0.4, 0.5) is 0 Å². The van der Waals surface area contributed by atoms with Crippen molar-refractivity contribution >= 4 is 23.7 Å². The zero-order chi connectivity index (χ0) is 28.1. The summed E-state index contributed by atoms with van der Waals surface area (Å²) in [4.78, 5) is 53.6. The van der Waals surface area contributed by atoms with Crippen LogP contribution in [0.3, 0.4) is 0 Å². The highest BCUT2D eigenvalue weighted by Gasteiger charge is 2.33. The second kappa shape index (κ2) is 15.7. The predicted octanol–water partition coefficient (Wildman–Crippen LogP) is 2.67. The van der Waals surface area contributed by atoms with Crippen LogP contribution in [0.1, 0.15) is 57.6 Å². The lowest BCUT2D eigenvalue weighted by Crippen LogP contribution is -2.48. The molecule has 0 saturated carbocycles. The number of allylic oxidation sites excluding steroid dienone is 2. The number of nitrogens with one attached hydrogen (secondary N) is 2. The molecule has 0 aliphatic carbocycles. The third-order valence-electron chi connectivity index (χ3n) is 6.56. The van der Waals surface area contributed by atoms with Crippen molar-refractivity contribution in [1.82, 2.24) is 15.5 Å². The van der Waals surface area contributed by atoms with E-state index in [1.807, 2.05) is 6.07 Å². The quantitative estimate of drug-likeness (QED) is 0.183. The Morgan fingerprint density at radius 3 is 2.18 bits per heavy atom. The summed E-state index contributed by atoms with van der Waals surface area (Å²) in [7, 11) is 0. The van der Waals surface area contributed by atoms with E-state index in [1.54, 1.807) is 49.1 Å². The molecule has 1 unspecified atom stereocenters. The van der Waals surface area contributed by atoms with Gasteiger partial charge in [-0.1, -0.05) is 42.5 Å². The van der Waals surface area contributed by atoms with Crippen LogP contribution in [0, 0.1) is 11.8 Å². The summed E-state index contributed by atoms with van der Waals surface area (Å²) < 4.78 is 5.93. The number of rotatable bonds is 15. The summed E-state index contributed by atoms with van der Waals surface area (Å²) >= 11 is 0. The first-order valence-electron chi connectivity index (χ1n) is 13.2. The fraction of sp³-hybridized carbons (Fsp3) is 0.517. The Morgan fingerprint density at radius 2 is 1.61 bits per heavy atom. The van der Waals surface area contributed by atoms with Crippen molar-refractivity contribution in [2.75, 3.05) is 19.7 Å². The van der Waals surface area contributed by atoms with Crippen LogP contribution in [-0.4, -0.2) is 65.5 Å². The fourth-order valence-corrected chi connectivity index (χ4v) is 4.38. The first-order valence-corrected chi connectivity index (χ1v) is 13.2. The second-order valence-electron chi connectivity index (χ2n) is 9.75. The van der Waals surface area contributed by atoms with E-state index >= 15 is 0 Å². The van der Waals surface area contributed by atoms with Gasteiger partial charge in [0.2, 0.25) is 17.7 Å². The van der Waals surface area contributed by atoms with Gasteiger partial charge >= 0.3 is 5.97 Å². The van der Waals surface area contributed by atoms with Gasteiger partial charge in [-0.25, -0.2) is 0 Å². The molecule has 0 bridgehead atoms. The molecule has 1 fully saturated rings. The SMILES string of the molecule is C=CCC(C(=O)N[C@@H](C)CO)C(=O)N[C@H](C)[C@@H](OC(=O)[C@H](CC=C)CC(=O)N1CCCC1)c1ccccc1. The number of aliphatic hydroxyl groups excluding tert-OH is 1. The van der Waals surface area contributed by atoms with Crippen molar-refractivity contribution < 1.29 is 29.0 Å². The summed E-state index contributed by atoms with van der Waals surface area (Å²) in [5.74, 6) is -3.49. The van der Waals surface area contributed by atoms with Gasteiger partial charge in [-0.05, 0) is 45.1 Å². The van der Waals surface area contributed by atoms with Crippen LogP contribution in [0.25, 0.3) is 0 Å². The van der Waals surface area contributed by atoms with Gasteiger partial charge in [0.05, 0.1) is 18.6 Å². The Morgan fingerprint density at radius 1 is 1.00 bits per heavy atom. The van der Waals surface area contributed by atoms with Gasteiger partial charge in [0.1, 0.15) is 12.0 Å². The number of likely N-dealkylation sites (tertiary alicyclic amines) is 1. The van der Waals surface area contributed by atoms with Crippen molar-refractivity contribution in [2.24, 2.45) is 11.8 Å². The molecule has 0 radical (unpaired) electrons. The molecule has 0 aromatic heterocycles. The van der Waals surface area contributed by atoms with E-state index in [2.05, 4.69) is 23.8 Å². The van der Waals surface area contributed by atoms with Crippen LogP contribution in [0.5, 0.6) is 0 Å². The van der Waals surface area contributed by atoms with Gasteiger partial charge in [0, 0.05) is 25.6 Å².